The average Bonchev–Trinajstić information content (AvgIpc) is 3.03. The molecule has 0 saturated carbocycles. The standard InChI is InChI=1S/C25H25N3O2/c1-15-9-11-16(12-10-15)20-21-18(13-25(2,3)14-19(21)29)26-23-22(20)24(30)28(27-23)17-7-5-4-6-8-17/h4-12,20,26-27H,13-14H2,1-3H3/t20-/m1/s1. The average molecular weight is 399 g/mol. The molecule has 30 heavy (non-hydrogen) atoms. The summed E-state index contributed by atoms with van der Waals surface area (Å²) >= 11 is 0. The van der Waals surface area contributed by atoms with E-state index in [0.29, 0.717) is 17.8 Å². The second-order valence-corrected chi connectivity index (χ2v) is 9.18. The molecule has 0 unspecified atom stereocenters. The van der Waals surface area contributed by atoms with Crippen molar-refractivity contribution in [3.63, 3.8) is 0 Å². The molecule has 1 aromatic heterocycles. The van der Waals surface area contributed by atoms with E-state index in [1.807, 2.05) is 61.5 Å². The van der Waals surface area contributed by atoms with Crippen LogP contribution in [0.4, 0.5) is 5.82 Å². The number of nitrogens with zero attached hydrogens (tertiary/aromatic N) is 1. The van der Waals surface area contributed by atoms with Crippen molar-refractivity contribution in [1.82, 2.24) is 9.78 Å². The third kappa shape index (κ3) is 2.93. The van der Waals surface area contributed by atoms with Crippen LogP contribution in [-0.2, 0) is 4.79 Å². The summed E-state index contributed by atoms with van der Waals surface area (Å²) in [6, 6.07) is 17.7. The van der Waals surface area contributed by atoms with Crippen molar-refractivity contribution < 1.29 is 4.79 Å². The van der Waals surface area contributed by atoms with Crippen LogP contribution in [0.1, 0.15) is 49.3 Å². The smallest absolute Gasteiger partial charge is 0.277 e. The maximum absolute atomic E-state index is 13.5. The number of aromatic nitrogens is 2. The van der Waals surface area contributed by atoms with Crippen molar-refractivity contribution in [2.24, 2.45) is 5.41 Å². The van der Waals surface area contributed by atoms with Gasteiger partial charge in [-0.2, -0.15) is 0 Å². The number of anilines is 1. The number of carbonyl (C=O) groups excluding carboxylic acids is 1. The lowest BCUT2D eigenvalue weighted by molar-refractivity contribution is -0.118. The third-order valence-corrected chi connectivity index (χ3v) is 6.12. The Balaban J connectivity index is 1.74. The number of fused-ring (bicyclic) bond motifs is 1. The van der Waals surface area contributed by atoms with E-state index in [4.69, 9.17) is 0 Å². The van der Waals surface area contributed by atoms with Crippen LogP contribution < -0.4 is 10.9 Å². The Morgan fingerprint density at radius 2 is 1.67 bits per heavy atom. The molecule has 1 aliphatic heterocycles. The first kappa shape index (κ1) is 18.7. The van der Waals surface area contributed by atoms with E-state index in [2.05, 4.69) is 24.3 Å². The number of hydrogen-bond acceptors (Lipinski definition) is 3. The molecule has 2 heterocycles. The lowest BCUT2D eigenvalue weighted by atomic mass is 9.69. The van der Waals surface area contributed by atoms with Gasteiger partial charge in [0.1, 0.15) is 5.82 Å². The maximum atomic E-state index is 13.5. The van der Waals surface area contributed by atoms with Gasteiger partial charge in [-0.3, -0.25) is 14.7 Å². The predicted molar refractivity (Wildman–Crippen MR) is 118 cm³/mol. The number of benzene rings is 2. The minimum absolute atomic E-state index is 0.111. The molecule has 152 valence electrons. The normalized spacial score (nSPS) is 19.8. The first-order valence-corrected chi connectivity index (χ1v) is 10.3. The molecule has 5 heteroatoms. The van der Waals surface area contributed by atoms with Gasteiger partial charge in [-0.25, -0.2) is 4.68 Å². The number of rotatable bonds is 2. The summed E-state index contributed by atoms with van der Waals surface area (Å²) in [6.45, 7) is 6.27. The highest BCUT2D eigenvalue weighted by atomic mass is 16.1. The highest BCUT2D eigenvalue weighted by Gasteiger charge is 2.42. The molecule has 0 spiro atoms. The van der Waals surface area contributed by atoms with Crippen LogP contribution >= 0.6 is 0 Å². The molecule has 0 amide bonds. The van der Waals surface area contributed by atoms with Crippen LogP contribution in [0.15, 0.2) is 70.7 Å². The summed E-state index contributed by atoms with van der Waals surface area (Å²) in [4.78, 5) is 26.8. The number of aromatic amines is 1. The molecule has 1 atom stereocenters. The number of nitrogens with one attached hydrogen (secondary N) is 2. The molecular formula is C25H25N3O2. The van der Waals surface area contributed by atoms with Crippen molar-refractivity contribution in [1.29, 1.82) is 0 Å². The minimum atomic E-state index is -0.367. The number of hydrogen-bond donors (Lipinski definition) is 2. The molecule has 0 fully saturated rings. The number of carbonyl (C=O) groups is 1. The van der Waals surface area contributed by atoms with Gasteiger partial charge >= 0.3 is 0 Å². The number of aryl methyl sites for hydroxylation is 1. The van der Waals surface area contributed by atoms with Crippen LogP contribution in [0.3, 0.4) is 0 Å². The molecule has 2 aromatic carbocycles. The molecule has 2 N–H and O–H groups in total. The maximum Gasteiger partial charge on any atom is 0.277 e. The fraction of sp³-hybridized carbons (Fsp3) is 0.280. The Morgan fingerprint density at radius 3 is 2.37 bits per heavy atom. The van der Waals surface area contributed by atoms with E-state index >= 15 is 0 Å². The molecular weight excluding hydrogens is 374 g/mol. The molecule has 2 aliphatic rings. The van der Waals surface area contributed by atoms with Crippen LogP contribution in [-0.4, -0.2) is 15.6 Å². The van der Waals surface area contributed by atoms with Crippen molar-refractivity contribution in [3.05, 3.63) is 92.9 Å². The lowest BCUT2D eigenvalue weighted by Gasteiger charge is -2.37. The summed E-state index contributed by atoms with van der Waals surface area (Å²) in [7, 11) is 0. The zero-order chi connectivity index (χ0) is 21.0. The van der Waals surface area contributed by atoms with E-state index < -0.39 is 0 Å². The predicted octanol–water partition coefficient (Wildman–Crippen LogP) is 4.67. The molecule has 5 rings (SSSR count). The highest BCUT2D eigenvalue weighted by Crippen LogP contribution is 2.47. The fourth-order valence-electron chi connectivity index (χ4n) is 4.74. The summed E-state index contributed by atoms with van der Waals surface area (Å²) in [5, 5.41) is 6.66. The van der Waals surface area contributed by atoms with Crippen molar-refractivity contribution in [3.8, 4) is 5.69 Å². The van der Waals surface area contributed by atoms with E-state index in [0.717, 1.165) is 34.5 Å². The van der Waals surface area contributed by atoms with E-state index in [9.17, 15) is 9.59 Å². The lowest BCUT2D eigenvalue weighted by Crippen LogP contribution is -2.35. The Hall–Kier alpha value is -3.34. The van der Waals surface area contributed by atoms with Crippen molar-refractivity contribution in [2.75, 3.05) is 5.32 Å². The Bertz CT molecular complexity index is 1230. The van der Waals surface area contributed by atoms with Crippen LogP contribution in [0, 0.1) is 12.3 Å². The monoisotopic (exact) mass is 399 g/mol. The molecule has 1 aliphatic carbocycles. The van der Waals surface area contributed by atoms with E-state index in [1.165, 1.54) is 0 Å². The summed E-state index contributed by atoms with van der Waals surface area (Å²) in [5.74, 6) is 0.435. The van der Waals surface area contributed by atoms with Crippen molar-refractivity contribution in [2.45, 2.75) is 39.5 Å². The summed E-state index contributed by atoms with van der Waals surface area (Å²) < 4.78 is 1.56. The topological polar surface area (TPSA) is 66.9 Å². The summed E-state index contributed by atoms with van der Waals surface area (Å²) in [6.07, 6.45) is 1.26. The van der Waals surface area contributed by atoms with E-state index in [1.54, 1.807) is 4.68 Å². The van der Waals surface area contributed by atoms with Gasteiger partial charge in [0.25, 0.3) is 5.56 Å². The summed E-state index contributed by atoms with van der Waals surface area (Å²) in [5.41, 5.74) is 4.92. The number of allylic oxidation sites excluding steroid dienone is 2. The quantitative estimate of drug-likeness (QED) is 0.658. The van der Waals surface area contributed by atoms with Crippen molar-refractivity contribution >= 4 is 11.6 Å². The SMILES string of the molecule is Cc1ccc([C@@H]2C3=C(CC(C)(C)CC3=O)Nc3[nH]n(-c4ccccc4)c(=O)c32)cc1. The molecule has 3 aromatic rings. The first-order valence-electron chi connectivity index (χ1n) is 10.3. The van der Waals surface area contributed by atoms with Gasteiger partial charge in [0, 0.05) is 23.6 Å². The van der Waals surface area contributed by atoms with Gasteiger partial charge in [0.2, 0.25) is 0 Å². The second kappa shape index (κ2) is 6.59. The molecule has 0 bridgehead atoms. The second-order valence-electron chi connectivity index (χ2n) is 9.18. The van der Waals surface area contributed by atoms with Crippen LogP contribution in [0.25, 0.3) is 5.69 Å². The number of ketones is 1. The van der Waals surface area contributed by atoms with Gasteiger partial charge in [-0.05, 0) is 36.5 Å². The third-order valence-electron chi connectivity index (χ3n) is 6.12. The Kier molecular flexibility index (Phi) is 4.10. The van der Waals surface area contributed by atoms with Crippen LogP contribution in [0.5, 0.6) is 0 Å². The van der Waals surface area contributed by atoms with E-state index in [-0.39, 0.29) is 22.7 Å². The van der Waals surface area contributed by atoms with Crippen LogP contribution in [0.2, 0.25) is 0 Å². The first-order chi connectivity index (χ1) is 14.3. The van der Waals surface area contributed by atoms with Gasteiger partial charge in [0.15, 0.2) is 5.78 Å². The Morgan fingerprint density at radius 1 is 0.967 bits per heavy atom. The largest absolute Gasteiger partial charge is 0.343 e. The fourth-order valence-corrected chi connectivity index (χ4v) is 4.74. The zero-order valence-electron chi connectivity index (χ0n) is 17.5. The Labute approximate surface area is 175 Å². The zero-order valence-corrected chi connectivity index (χ0v) is 17.5. The van der Waals surface area contributed by atoms with Gasteiger partial charge in [0.05, 0.1) is 11.3 Å². The highest BCUT2D eigenvalue weighted by molar-refractivity contribution is 6.01. The molecule has 0 saturated heterocycles. The van der Waals surface area contributed by atoms with Gasteiger partial charge < -0.3 is 5.32 Å². The minimum Gasteiger partial charge on any atom is -0.343 e. The molecule has 5 nitrogen and oxygen atoms in total. The number of H-pyrrole nitrogens is 1. The van der Waals surface area contributed by atoms with Gasteiger partial charge in [-0.15, -0.1) is 0 Å². The van der Waals surface area contributed by atoms with Gasteiger partial charge in [-0.1, -0.05) is 61.9 Å². The molecule has 0 radical (unpaired) electrons. The number of para-hydroxylation sites is 1. The number of Topliss-reactive ketones (excluding diaryl/α,β-unsaturated/α-hetero) is 1.